The molecule has 1 atom stereocenters. The molecule has 0 aromatic heterocycles. The Kier molecular flexibility index (Phi) is 4.99. The molecule has 0 amide bonds. The molecule has 0 aromatic rings. The summed E-state index contributed by atoms with van der Waals surface area (Å²) in [5, 5.41) is 0. The summed E-state index contributed by atoms with van der Waals surface area (Å²) in [4.78, 5) is 0. The van der Waals surface area contributed by atoms with Gasteiger partial charge in [0.2, 0.25) is 0 Å². The first-order valence-corrected chi connectivity index (χ1v) is 7.22. The van der Waals surface area contributed by atoms with E-state index in [-0.39, 0.29) is 18.1 Å². The predicted molar refractivity (Wildman–Crippen MR) is 51.2 cm³/mol. The third-order valence-electron chi connectivity index (χ3n) is 1.59. The average Bonchev–Trinajstić information content (AvgIpc) is 1.78. The van der Waals surface area contributed by atoms with Gasteiger partial charge in [-0.05, 0) is 18.8 Å². The van der Waals surface area contributed by atoms with Crippen molar-refractivity contribution in [2.45, 2.75) is 19.8 Å². The Morgan fingerprint density at radius 2 is 1.57 bits per heavy atom. The van der Waals surface area contributed by atoms with Crippen molar-refractivity contribution in [1.29, 1.82) is 0 Å². The average molecular weight is 246 g/mol. The maximum Gasteiger partial charge on any atom is 0.265 e. The van der Waals surface area contributed by atoms with Gasteiger partial charge in [-0.15, -0.1) is 0 Å². The van der Waals surface area contributed by atoms with Crippen molar-refractivity contribution in [3.05, 3.63) is 0 Å². The van der Waals surface area contributed by atoms with E-state index in [1.54, 1.807) is 6.92 Å². The van der Waals surface area contributed by atoms with Crippen molar-refractivity contribution in [3.8, 4) is 0 Å². The first kappa shape index (κ1) is 13.8. The summed E-state index contributed by atoms with van der Waals surface area (Å²) in [6, 6.07) is 0. The van der Waals surface area contributed by atoms with Crippen LogP contribution >= 0.6 is 0 Å². The van der Waals surface area contributed by atoms with E-state index in [0.29, 0.717) is 6.42 Å². The van der Waals surface area contributed by atoms with Gasteiger partial charge in [0.05, 0.1) is 11.5 Å². The molecule has 0 rings (SSSR count). The lowest BCUT2D eigenvalue weighted by molar-refractivity contribution is 0.459. The zero-order chi connectivity index (χ0) is 11.4. The van der Waals surface area contributed by atoms with Gasteiger partial charge >= 0.3 is 0 Å². The summed E-state index contributed by atoms with van der Waals surface area (Å²) in [7, 11) is -7.98. The molecule has 0 saturated carbocycles. The van der Waals surface area contributed by atoms with Gasteiger partial charge in [0, 0.05) is 0 Å². The van der Waals surface area contributed by atoms with E-state index in [4.69, 9.17) is 9.11 Å². The highest BCUT2D eigenvalue weighted by atomic mass is 32.2. The summed E-state index contributed by atoms with van der Waals surface area (Å²) in [5.74, 6) is -1.10. The van der Waals surface area contributed by atoms with Crippen LogP contribution in [0, 0.1) is 5.92 Å². The van der Waals surface area contributed by atoms with Gasteiger partial charge in [-0.1, -0.05) is 6.92 Å². The Morgan fingerprint density at radius 1 is 1.07 bits per heavy atom. The molecular formula is C6H14O6S2. The molecule has 0 radical (unpaired) electrons. The van der Waals surface area contributed by atoms with Gasteiger partial charge in [0.25, 0.3) is 20.2 Å². The summed E-state index contributed by atoms with van der Waals surface area (Å²) < 4.78 is 58.2. The van der Waals surface area contributed by atoms with Gasteiger partial charge in [-0.2, -0.15) is 16.8 Å². The lowest BCUT2D eigenvalue weighted by Crippen LogP contribution is -2.14. The molecule has 0 fully saturated rings. The molecule has 0 aliphatic rings. The molecule has 86 valence electrons. The molecule has 14 heavy (non-hydrogen) atoms. The minimum Gasteiger partial charge on any atom is -0.286 e. The van der Waals surface area contributed by atoms with Gasteiger partial charge in [-0.25, -0.2) is 0 Å². The van der Waals surface area contributed by atoms with Crippen LogP contribution in [0.1, 0.15) is 19.8 Å². The predicted octanol–water partition coefficient (Wildman–Crippen LogP) is 0.178. The SMILES string of the molecule is C[C@H](CCCS(=O)(=O)O)CS(=O)(=O)O. The molecular weight excluding hydrogens is 232 g/mol. The van der Waals surface area contributed by atoms with Crippen LogP contribution in [0.2, 0.25) is 0 Å². The minimum absolute atomic E-state index is 0.176. The Hall–Kier alpha value is -0.180. The van der Waals surface area contributed by atoms with Crippen LogP contribution in [0.25, 0.3) is 0 Å². The molecule has 0 aromatic carbocycles. The number of hydrogen-bond acceptors (Lipinski definition) is 4. The van der Waals surface area contributed by atoms with Gasteiger partial charge < -0.3 is 0 Å². The minimum atomic E-state index is -4.00. The third-order valence-corrected chi connectivity index (χ3v) is 3.39. The van der Waals surface area contributed by atoms with Crippen LogP contribution in [0.3, 0.4) is 0 Å². The smallest absolute Gasteiger partial charge is 0.265 e. The Balaban J connectivity index is 3.82. The number of rotatable bonds is 6. The van der Waals surface area contributed by atoms with Gasteiger partial charge in [0.15, 0.2) is 0 Å². The van der Waals surface area contributed by atoms with Crippen molar-refractivity contribution in [1.82, 2.24) is 0 Å². The molecule has 0 aliphatic carbocycles. The quantitative estimate of drug-likeness (QED) is 0.647. The lowest BCUT2D eigenvalue weighted by Gasteiger charge is -2.07. The highest BCUT2D eigenvalue weighted by Gasteiger charge is 2.13. The van der Waals surface area contributed by atoms with Crippen LogP contribution in [-0.2, 0) is 20.2 Å². The van der Waals surface area contributed by atoms with Gasteiger partial charge in [0.1, 0.15) is 0 Å². The van der Waals surface area contributed by atoms with Crippen molar-refractivity contribution in [2.24, 2.45) is 5.92 Å². The lowest BCUT2D eigenvalue weighted by atomic mass is 10.1. The van der Waals surface area contributed by atoms with Crippen LogP contribution in [0.5, 0.6) is 0 Å². The van der Waals surface area contributed by atoms with Crippen molar-refractivity contribution >= 4 is 20.2 Å². The van der Waals surface area contributed by atoms with Crippen molar-refractivity contribution < 1.29 is 25.9 Å². The Bertz CT molecular complexity index is 354. The summed E-state index contributed by atoms with van der Waals surface area (Å²) >= 11 is 0. The molecule has 2 N–H and O–H groups in total. The Morgan fingerprint density at radius 3 is 1.93 bits per heavy atom. The fraction of sp³-hybridized carbons (Fsp3) is 1.00. The molecule has 0 heterocycles. The number of hydrogen-bond donors (Lipinski definition) is 2. The topological polar surface area (TPSA) is 109 Å². The van der Waals surface area contributed by atoms with E-state index in [1.165, 1.54) is 0 Å². The first-order valence-electron chi connectivity index (χ1n) is 4.00. The molecule has 0 spiro atoms. The van der Waals surface area contributed by atoms with E-state index >= 15 is 0 Å². The van der Waals surface area contributed by atoms with E-state index in [0.717, 1.165) is 0 Å². The largest absolute Gasteiger partial charge is 0.286 e. The van der Waals surface area contributed by atoms with E-state index in [2.05, 4.69) is 0 Å². The second-order valence-corrected chi connectivity index (χ2v) is 6.35. The van der Waals surface area contributed by atoms with Crippen LogP contribution in [-0.4, -0.2) is 37.4 Å². The normalized spacial score (nSPS) is 15.4. The first-order chi connectivity index (χ1) is 6.10. The zero-order valence-corrected chi connectivity index (χ0v) is 9.38. The molecule has 0 unspecified atom stereocenters. The molecule has 8 heteroatoms. The molecule has 6 nitrogen and oxygen atoms in total. The molecule has 0 saturated heterocycles. The van der Waals surface area contributed by atoms with E-state index < -0.39 is 26.0 Å². The molecule has 0 aliphatic heterocycles. The summed E-state index contributed by atoms with van der Waals surface area (Å²) in [5.41, 5.74) is 0. The van der Waals surface area contributed by atoms with Crippen LogP contribution < -0.4 is 0 Å². The van der Waals surface area contributed by atoms with Crippen molar-refractivity contribution in [3.63, 3.8) is 0 Å². The second kappa shape index (κ2) is 5.06. The fourth-order valence-electron chi connectivity index (χ4n) is 1.06. The highest BCUT2D eigenvalue weighted by molar-refractivity contribution is 7.86. The van der Waals surface area contributed by atoms with Crippen molar-refractivity contribution in [2.75, 3.05) is 11.5 Å². The van der Waals surface area contributed by atoms with E-state index in [1.807, 2.05) is 0 Å². The molecule has 0 bridgehead atoms. The third kappa shape index (κ3) is 9.90. The van der Waals surface area contributed by atoms with E-state index in [9.17, 15) is 16.8 Å². The van der Waals surface area contributed by atoms with Gasteiger partial charge in [-0.3, -0.25) is 9.11 Å². The Labute approximate surface area is 83.8 Å². The monoisotopic (exact) mass is 246 g/mol. The maximum atomic E-state index is 10.4. The second-order valence-electron chi connectivity index (χ2n) is 3.28. The summed E-state index contributed by atoms with van der Waals surface area (Å²) in [6.45, 7) is 1.58. The van der Waals surface area contributed by atoms with Crippen LogP contribution in [0.4, 0.5) is 0 Å². The fourth-order valence-corrected chi connectivity index (χ4v) is 2.47. The standard InChI is InChI=1S/C6H14O6S2/c1-6(5-14(10,11)12)3-2-4-13(7,8)9/h6H,2-5H2,1H3,(H,7,8,9)(H,10,11,12)/t6-/m1/s1. The maximum absolute atomic E-state index is 10.4. The highest BCUT2D eigenvalue weighted by Crippen LogP contribution is 2.08. The summed E-state index contributed by atoms with van der Waals surface area (Å²) in [6.07, 6.45) is 0.495. The van der Waals surface area contributed by atoms with Crippen LogP contribution in [0.15, 0.2) is 0 Å². The zero-order valence-electron chi connectivity index (χ0n) is 7.75.